The van der Waals surface area contributed by atoms with Crippen LogP contribution in [0.25, 0.3) is 11.5 Å². The van der Waals surface area contributed by atoms with Gasteiger partial charge in [0.15, 0.2) is 5.82 Å². The number of furan rings is 1. The van der Waals surface area contributed by atoms with Crippen LogP contribution in [0.5, 0.6) is 0 Å². The quantitative estimate of drug-likeness (QED) is 0.713. The number of benzene rings is 1. The summed E-state index contributed by atoms with van der Waals surface area (Å²) in [5, 5.41) is 4.09. The van der Waals surface area contributed by atoms with Crippen LogP contribution < -0.4 is 0 Å². The highest BCUT2D eigenvalue weighted by Crippen LogP contribution is 2.29. The van der Waals surface area contributed by atoms with E-state index in [1.165, 1.54) is 5.56 Å². The third-order valence-corrected chi connectivity index (χ3v) is 4.56. The highest BCUT2D eigenvalue weighted by Gasteiger charge is 2.34. The van der Waals surface area contributed by atoms with Gasteiger partial charge in [0.25, 0.3) is 5.89 Å². The molecule has 1 aliphatic rings. The highest BCUT2D eigenvalue weighted by atomic mass is 16.5. The zero-order valence-corrected chi connectivity index (χ0v) is 14.0. The van der Waals surface area contributed by atoms with Crippen molar-refractivity contribution in [2.45, 2.75) is 32.2 Å². The maximum atomic E-state index is 12.2. The fourth-order valence-electron chi connectivity index (χ4n) is 3.09. The summed E-state index contributed by atoms with van der Waals surface area (Å²) in [6.45, 7) is 3.17. The summed E-state index contributed by atoms with van der Waals surface area (Å²) in [4.78, 5) is 18.5. The van der Waals surface area contributed by atoms with Gasteiger partial charge in [-0.3, -0.25) is 4.79 Å². The Hall–Kier alpha value is -2.89. The Kier molecular flexibility index (Phi) is 4.09. The second kappa shape index (κ2) is 6.55. The van der Waals surface area contributed by atoms with Crippen molar-refractivity contribution in [2.24, 2.45) is 0 Å². The normalized spacial score (nSPS) is 17.4. The lowest BCUT2D eigenvalue weighted by Gasteiger charge is -2.13. The molecule has 3 heterocycles. The lowest BCUT2D eigenvalue weighted by atomic mass is 10.1. The molecule has 1 aliphatic heterocycles. The largest absolute Gasteiger partial charge is 0.467 e. The number of nitrogens with zero attached hydrogens (tertiary/aromatic N) is 3. The number of aryl methyl sites for hydroxylation is 1. The molecule has 1 amide bonds. The number of hydrogen-bond donors (Lipinski definition) is 0. The molecule has 1 atom stereocenters. The summed E-state index contributed by atoms with van der Waals surface area (Å²) < 4.78 is 10.7. The van der Waals surface area contributed by atoms with Crippen molar-refractivity contribution in [3.05, 3.63) is 59.8 Å². The molecule has 1 aromatic carbocycles. The van der Waals surface area contributed by atoms with Gasteiger partial charge in [0.05, 0.1) is 12.8 Å². The van der Waals surface area contributed by atoms with Crippen LogP contribution in [0.15, 0.2) is 51.6 Å². The summed E-state index contributed by atoms with van der Waals surface area (Å²) in [5.74, 6) is 1.90. The van der Waals surface area contributed by atoms with Crippen LogP contribution >= 0.6 is 0 Å². The van der Waals surface area contributed by atoms with E-state index in [2.05, 4.69) is 29.2 Å². The molecule has 0 aliphatic carbocycles. The summed E-state index contributed by atoms with van der Waals surface area (Å²) in [6.07, 6.45) is 3.00. The molecule has 3 aromatic rings. The standard InChI is InChI=1S/C19H19N3O3/c1-2-13-5-7-14(8-6-13)19-20-18(21-25-19)15-10-17(23)22(11-15)12-16-4-3-9-24-16/h3-9,15H,2,10-12H2,1H3. The molecule has 6 heteroatoms. The fourth-order valence-corrected chi connectivity index (χ4v) is 3.09. The lowest BCUT2D eigenvalue weighted by molar-refractivity contribution is -0.128. The number of aromatic nitrogens is 2. The van der Waals surface area contributed by atoms with E-state index in [1.807, 2.05) is 24.3 Å². The van der Waals surface area contributed by atoms with Crippen molar-refractivity contribution in [2.75, 3.05) is 6.54 Å². The molecule has 1 saturated heterocycles. The molecule has 2 aromatic heterocycles. The molecule has 6 nitrogen and oxygen atoms in total. The number of amides is 1. The van der Waals surface area contributed by atoms with E-state index >= 15 is 0 Å². The SMILES string of the molecule is CCc1ccc(-c2nc(C3CC(=O)N(Cc4ccco4)C3)no2)cc1. The molecule has 0 N–H and O–H groups in total. The molecular weight excluding hydrogens is 318 g/mol. The summed E-state index contributed by atoms with van der Waals surface area (Å²) >= 11 is 0. The van der Waals surface area contributed by atoms with Crippen molar-refractivity contribution in [1.82, 2.24) is 15.0 Å². The molecule has 0 spiro atoms. The van der Waals surface area contributed by atoms with E-state index in [-0.39, 0.29) is 11.8 Å². The average Bonchev–Trinajstić information content (AvgIpc) is 3.37. The van der Waals surface area contributed by atoms with E-state index < -0.39 is 0 Å². The van der Waals surface area contributed by atoms with Gasteiger partial charge in [-0.25, -0.2) is 0 Å². The van der Waals surface area contributed by atoms with Crippen LogP contribution in [0.1, 0.15) is 36.4 Å². The fraction of sp³-hybridized carbons (Fsp3) is 0.316. The number of hydrogen-bond acceptors (Lipinski definition) is 5. The first-order valence-electron chi connectivity index (χ1n) is 8.46. The topological polar surface area (TPSA) is 72.4 Å². The third-order valence-electron chi connectivity index (χ3n) is 4.56. The summed E-state index contributed by atoms with van der Waals surface area (Å²) in [6, 6.07) is 11.8. The molecule has 1 fully saturated rings. The Bertz CT molecular complexity index is 852. The highest BCUT2D eigenvalue weighted by molar-refractivity contribution is 5.79. The van der Waals surface area contributed by atoms with Crippen molar-refractivity contribution in [1.29, 1.82) is 0 Å². The smallest absolute Gasteiger partial charge is 0.257 e. The molecule has 0 bridgehead atoms. The Morgan fingerprint density at radius 3 is 2.80 bits per heavy atom. The average molecular weight is 337 g/mol. The monoisotopic (exact) mass is 337 g/mol. The van der Waals surface area contributed by atoms with Gasteiger partial charge in [0.1, 0.15) is 5.76 Å². The molecule has 25 heavy (non-hydrogen) atoms. The molecule has 0 radical (unpaired) electrons. The summed E-state index contributed by atoms with van der Waals surface area (Å²) in [7, 11) is 0. The number of rotatable bonds is 5. The minimum Gasteiger partial charge on any atom is -0.467 e. The van der Waals surface area contributed by atoms with Gasteiger partial charge >= 0.3 is 0 Å². The van der Waals surface area contributed by atoms with Gasteiger partial charge in [-0.05, 0) is 36.2 Å². The van der Waals surface area contributed by atoms with Crippen molar-refractivity contribution in [3.8, 4) is 11.5 Å². The van der Waals surface area contributed by atoms with Gasteiger partial charge in [0, 0.05) is 24.4 Å². The molecular formula is C19H19N3O3. The number of likely N-dealkylation sites (tertiary alicyclic amines) is 1. The van der Waals surface area contributed by atoms with Crippen LogP contribution in [0.4, 0.5) is 0 Å². The predicted molar refractivity (Wildman–Crippen MR) is 90.6 cm³/mol. The second-order valence-electron chi connectivity index (χ2n) is 6.26. The Morgan fingerprint density at radius 2 is 2.08 bits per heavy atom. The molecule has 128 valence electrons. The number of carbonyl (C=O) groups excluding carboxylic acids is 1. The lowest BCUT2D eigenvalue weighted by Crippen LogP contribution is -2.24. The van der Waals surface area contributed by atoms with Crippen molar-refractivity contribution >= 4 is 5.91 Å². The first kappa shape index (κ1) is 15.6. The van der Waals surface area contributed by atoms with E-state index in [4.69, 9.17) is 8.94 Å². The maximum Gasteiger partial charge on any atom is 0.257 e. The van der Waals surface area contributed by atoms with Crippen LogP contribution in [-0.2, 0) is 17.8 Å². The van der Waals surface area contributed by atoms with E-state index in [9.17, 15) is 4.79 Å². The van der Waals surface area contributed by atoms with E-state index in [1.54, 1.807) is 11.2 Å². The van der Waals surface area contributed by atoms with Crippen molar-refractivity contribution < 1.29 is 13.7 Å². The first-order valence-corrected chi connectivity index (χ1v) is 8.46. The Morgan fingerprint density at radius 1 is 1.24 bits per heavy atom. The second-order valence-corrected chi connectivity index (χ2v) is 6.26. The minimum atomic E-state index is -0.0464. The minimum absolute atomic E-state index is 0.0464. The van der Waals surface area contributed by atoms with Crippen LogP contribution in [0.2, 0.25) is 0 Å². The van der Waals surface area contributed by atoms with Crippen LogP contribution in [-0.4, -0.2) is 27.5 Å². The summed E-state index contributed by atoms with van der Waals surface area (Å²) in [5.41, 5.74) is 2.16. The molecule has 0 saturated carbocycles. The number of carbonyl (C=O) groups is 1. The zero-order chi connectivity index (χ0) is 17.2. The van der Waals surface area contributed by atoms with Crippen LogP contribution in [0.3, 0.4) is 0 Å². The van der Waals surface area contributed by atoms with Crippen molar-refractivity contribution in [3.63, 3.8) is 0 Å². The maximum absolute atomic E-state index is 12.2. The molecule has 4 rings (SSSR count). The predicted octanol–water partition coefficient (Wildman–Crippen LogP) is 3.41. The Labute approximate surface area is 145 Å². The zero-order valence-electron chi connectivity index (χ0n) is 14.0. The van der Waals surface area contributed by atoms with Crippen LogP contribution in [0, 0.1) is 0 Å². The van der Waals surface area contributed by atoms with E-state index in [0.29, 0.717) is 31.2 Å². The van der Waals surface area contributed by atoms with E-state index in [0.717, 1.165) is 17.7 Å². The van der Waals surface area contributed by atoms with Gasteiger partial charge in [-0.15, -0.1) is 0 Å². The van der Waals surface area contributed by atoms with Gasteiger partial charge in [-0.2, -0.15) is 4.98 Å². The molecule has 1 unspecified atom stereocenters. The van der Waals surface area contributed by atoms with Gasteiger partial charge < -0.3 is 13.8 Å². The van der Waals surface area contributed by atoms with Gasteiger partial charge in [0.2, 0.25) is 5.91 Å². The third kappa shape index (κ3) is 3.20. The van der Waals surface area contributed by atoms with Gasteiger partial charge in [-0.1, -0.05) is 24.2 Å². The first-order chi connectivity index (χ1) is 12.2. The Balaban J connectivity index is 1.47.